The predicted octanol–water partition coefficient (Wildman–Crippen LogP) is 2.24. The van der Waals surface area contributed by atoms with E-state index in [9.17, 15) is 9.18 Å². The molecule has 1 aromatic heterocycles. The van der Waals surface area contributed by atoms with Crippen LogP contribution < -0.4 is 10.1 Å². The van der Waals surface area contributed by atoms with E-state index in [1.54, 1.807) is 17.3 Å². The van der Waals surface area contributed by atoms with Crippen LogP contribution in [0, 0.1) is 5.82 Å². The van der Waals surface area contributed by atoms with Crippen molar-refractivity contribution in [2.45, 2.75) is 45.0 Å². The number of fused-ring (bicyclic) bond motifs is 2. The highest BCUT2D eigenvalue weighted by molar-refractivity contribution is 5.75. The number of halogens is 1. The van der Waals surface area contributed by atoms with Gasteiger partial charge in [-0.05, 0) is 19.9 Å². The van der Waals surface area contributed by atoms with E-state index >= 15 is 0 Å². The predicted molar refractivity (Wildman–Crippen MR) is 87.4 cm³/mol. The number of carbonyl (C=O) groups excluding carboxylic acids is 1. The average molecular weight is 345 g/mol. The molecule has 1 aromatic carbocycles. The molecule has 0 aliphatic carbocycles. The minimum absolute atomic E-state index is 0.160. The largest absolute Gasteiger partial charge is 0.487 e. The van der Waals surface area contributed by atoms with Crippen molar-refractivity contribution in [1.29, 1.82) is 0 Å². The van der Waals surface area contributed by atoms with Crippen LogP contribution in [-0.4, -0.2) is 37.8 Å². The van der Waals surface area contributed by atoms with E-state index in [1.165, 1.54) is 12.1 Å². The fourth-order valence-corrected chi connectivity index (χ4v) is 3.43. The van der Waals surface area contributed by atoms with Gasteiger partial charge in [-0.3, -0.25) is 0 Å². The van der Waals surface area contributed by atoms with Crippen molar-refractivity contribution in [1.82, 2.24) is 25.0 Å². The number of nitrogens with one attached hydrogen (secondary N) is 1. The molecule has 1 N–H and O–H groups in total. The molecule has 7 nitrogen and oxygen atoms in total. The van der Waals surface area contributed by atoms with E-state index in [1.807, 2.05) is 18.4 Å². The number of hydrogen-bond donors (Lipinski definition) is 1. The third-order valence-electron chi connectivity index (χ3n) is 4.66. The lowest BCUT2D eigenvalue weighted by atomic mass is 9.89. The lowest BCUT2D eigenvalue weighted by Gasteiger charge is -2.39. The molecule has 2 aromatic rings. The summed E-state index contributed by atoms with van der Waals surface area (Å²) in [6.45, 7) is 5.57. The highest BCUT2D eigenvalue weighted by Gasteiger charge is 2.35. The molecular weight excluding hydrogens is 325 g/mol. The Bertz CT molecular complexity index is 819. The minimum atomic E-state index is -0.485. The number of carbonyl (C=O) groups is 1. The molecule has 8 heteroatoms. The van der Waals surface area contributed by atoms with Gasteiger partial charge in [-0.15, -0.1) is 10.2 Å². The Morgan fingerprint density at radius 2 is 2.24 bits per heavy atom. The van der Waals surface area contributed by atoms with Gasteiger partial charge < -0.3 is 19.5 Å². The molecule has 2 amide bonds. The summed E-state index contributed by atoms with van der Waals surface area (Å²) in [5.41, 5.74) is 0.315. The van der Waals surface area contributed by atoms with Crippen LogP contribution in [-0.2, 0) is 13.1 Å². The summed E-state index contributed by atoms with van der Waals surface area (Å²) >= 11 is 0. The quantitative estimate of drug-likeness (QED) is 0.860. The number of benzene rings is 1. The second-order valence-electron chi connectivity index (χ2n) is 7.11. The Morgan fingerprint density at radius 1 is 1.40 bits per heavy atom. The number of ether oxygens (including phenoxy) is 1. The second-order valence-corrected chi connectivity index (χ2v) is 7.11. The monoisotopic (exact) mass is 345 g/mol. The van der Waals surface area contributed by atoms with E-state index < -0.39 is 5.60 Å². The number of hydrogen-bond acceptors (Lipinski definition) is 4. The van der Waals surface area contributed by atoms with Gasteiger partial charge in [0, 0.05) is 31.1 Å². The van der Waals surface area contributed by atoms with Crippen molar-refractivity contribution >= 4 is 6.03 Å². The van der Waals surface area contributed by atoms with E-state index in [-0.39, 0.29) is 17.9 Å². The molecule has 1 unspecified atom stereocenters. The number of urea groups is 1. The van der Waals surface area contributed by atoms with Crippen molar-refractivity contribution in [2.75, 3.05) is 6.54 Å². The van der Waals surface area contributed by atoms with Gasteiger partial charge in [-0.1, -0.05) is 6.07 Å². The van der Waals surface area contributed by atoms with Crippen LogP contribution in [0.5, 0.6) is 5.75 Å². The van der Waals surface area contributed by atoms with E-state index in [0.29, 0.717) is 31.8 Å². The first kappa shape index (κ1) is 15.9. The Morgan fingerprint density at radius 3 is 3.08 bits per heavy atom. The molecular formula is C17H20FN5O2. The fourth-order valence-electron chi connectivity index (χ4n) is 3.43. The third kappa shape index (κ3) is 3.04. The lowest BCUT2D eigenvalue weighted by molar-refractivity contribution is 0.0656. The van der Waals surface area contributed by atoms with Gasteiger partial charge in [-0.25, -0.2) is 9.18 Å². The van der Waals surface area contributed by atoms with Crippen LogP contribution in [0.25, 0.3) is 0 Å². The Labute approximate surface area is 144 Å². The molecule has 0 saturated heterocycles. The maximum atomic E-state index is 13.5. The van der Waals surface area contributed by atoms with Gasteiger partial charge >= 0.3 is 6.03 Å². The Hall–Kier alpha value is -2.64. The summed E-state index contributed by atoms with van der Waals surface area (Å²) in [5.74, 6) is 0.910. The summed E-state index contributed by atoms with van der Waals surface area (Å²) < 4.78 is 21.4. The molecule has 2 aliphatic heterocycles. The number of rotatable bonds is 1. The lowest BCUT2D eigenvalue weighted by Crippen LogP contribution is -2.48. The molecule has 0 fully saturated rings. The topological polar surface area (TPSA) is 72.3 Å². The van der Waals surface area contributed by atoms with Gasteiger partial charge in [0.25, 0.3) is 0 Å². The van der Waals surface area contributed by atoms with E-state index in [4.69, 9.17) is 4.74 Å². The van der Waals surface area contributed by atoms with Crippen LogP contribution in [0.2, 0.25) is 0 Å². The van der Waals surface area contributed by atoms with Gasteiger partial charge in [0.1, 0.15) is 23.5 Å². The molecule has 0 bridgehead atoms. The number of amides is 2. The first-order chi connectivity index (χ1) is 11.9. The number of aromatic nitrogens is 3. The normalized spacial score (nSPS) is 21.1. The van der Waals surface area contributed by atoms with Crippen molar-refractivity contribution in [2.24, 2.45) is 0 Å². The molecule has 132 valence electrons. The van der Waals surface area contributed by atoms with E-state index in [0.717, 1.165) is 11.4 Å². The summed E-state index contributed by atoms with van der Waals surface area (Å²) in [5, 5.41) is 11.0. The summed E-state index contributed by atoms with van der Waals surface area (Å²) in [6, 6.07) is 4.05. The van der Waals surface area contributed by atoms with Crippen molar-refractivity contribution in [3.05, 3.63) is 41.7 Å². The molecule has 4 rings (SSSR count). The van der Waals surface area contributed by atoms with Gasteiger partial charge in [0.2, 0.25) is 0 Å². The molecule has 0 radical (unpaired) electrons. The van der Waals surface area contributed by atoms with Crippen LogP contribution in [0.4, 0.5) is 9.18 Å². The summed E-state index contributed by atoms with van der Waals surface area (Å²) in [7, 11) is 0. The highest BCUT2D eigenvalue weighted by Crippen LogP contribution is 2.39. The average Bonchev–Trinajstić information content (AvgIpc) is 3.00. The standard InChI is InChI=1S/C17H20FN5O2/c1-17(2)8-13(12-4-3-11(18)7-14(12)25-17)20-16(24)22-5-6-23-10-19-21-15(23)9-22/h3-4,7,10,13H,5-6,8-9H2,1-2H3,(H,20,24). The van der Waals surface area contributed by atoms with Crippen LogP contribution in [0.15, 0.2) is 24.5 Å². The van der Waals surface area contributed by atoms with Crippen molar-refractivity contribution in [3.8, 4) is 5.75 Å². The fraction of sp³-hybridized carbons (Fsp3) is 0.471. The van der Waals surface area contributed by atoms with Crippen LogP contribution >= 0.6 is 0 Å². The maximum Gasteiger partial charge on any atom is 0.318 e. The third-order valence-corrected chi connectivity index (χ3v) is 4.66. The van der Waals surface area contributed by atoms with Gasteiger partial charge in [-0.2, -0.15) is 0 Å². The molecule has 2 aliphatic rings. The molecule has 3 heterocycles. The second kappa shape index (κ2) is 5.72. The smallest absolute Gasteiger partial charge is 0.318 e. The number of nitrogens with zero attached hydrogens (tertiary/aromatic N) is 4. The first-order valence-electron chi connectivity index (χ1n) is 8.32. The summed E-state index contributed by atoms with van der Waals surface area (Å²) in [6.07, 6.45) is 2.29. The zero-order valence-corrected chi connectivity index (χ0v) is 14.2. The zero-order valence-electron chi connectivity index (χ0n) is 14.2. The SMILES string of the molecule is CC1(C)CC(NC(=O)N2CCn3cnnc3C2)c2ccc(F)cc2O1. The zero-order chi connectivity index (χ0) is 17.6. The van der Waals surface area contributed by atoms with Crippen LogP contribution in [0.1, 0.15) is 37.7 Å². The Kier molecular flexibility index (Phi) is 3.63. The summed E-state index contributed by atoms with van der Waals surface area (Å²) in [4.78, 5) is 14.4. The van der Waals surface area contributed by atoms with E-state index in [2.05, 4.69) is 15.5 Å². The molecule has 25 heavy (non-hydrogen) atoms. The van der Waals surface area contributed by atoms with Crippen molar-refractivity contribution < 1.29 is 13.9 Å². The maximum absolute atomic E-state index is 13.5. The van der Waals surface area contributed by atoms with Crippen molar-refractivity contribution in [3.63, 3.8) is 0 Å². The Balaban J connectivity index is 1.53. The molecule has 0 saturated carbocycles. The highest BCUT2D eigenvalue weighted by atomic mass is 19.1. The minimum Gasteiger partial charge on any atom is -0.487 e. The van der Waals surface area contributed by atoms with Gasteiger partial charge in [0.05, 0.1) is 12.6 Å². The molecule has 1 atom stereocenters. The first-order valence-corrected chi connectivity index (χ1v) is 8.32. The van der Waals surface area contributed by atoms with Gasteiger partial charge in [0.15, 0.2) is 5.82 Å². The molecule has 0 spiro atoms. The van der Waals surface area contributed by atoms with Crippen LogP contribution in [0.3, 0.4) is 0 Å².